The van der Waals surface area contributed by atoms with Crippen LogP contribution in [0.4, 0.5) is 0 Å². The third kappa shape index (κ3) is 4.39. The number of amides is 2. The zero-order chi connectivity index (χ0) is 26.4. The largest absolute Gasteiger partial charge is 0.508 e. The van der Waals surface area contributed by atoms with Crippen LogP contribution in [0.1, 0.15) is 50.0 Å². The Bertz CT molecular complexity index is 1310. The number of aliphatic carboxylic acids is 1. The lowest BCUT2D eigenvalue weighted by Gasteiger charge is -2.42. The fraction of sp³-hybridized carbons (Fsp3) is 0.393. The second kappa shape index (κ2) is 9.85. The van der Waals surface area contributed by atoms with E-state index in [9.17, 15) is 29.1 Å². The summed E-state index contributed by atoms with van der Waals surface area (Å²) in [6.07, 6.45) is 5.49. The van der Waals surface area contributed by atoms with Crippen LogP contribution in [0.3, 0.4) is 0 Å². The van der Waals surface area contributed by atoms with E-state index in [4.69, 9.17) is 5.11 Å². The van der Waals surface area contributed by atoms with Crippen molar-refractivity contribution < 1.29 is 34.2 Å². The highest BCUT2D eigenvalue weighted by atomic mass is 79.9. The summed E-state index contributed by atoms with van der Waals surface area (Å²) >= 11 is 3.21. The Kier molecular flexibility index (Phi) is 6.74. The number of fused-ring (bicyclic) bond motifs is 3. The smallest absolute Gasteiger partial charge is 0.303 e. The molecule has 4 atom stereocenters. The van der Waals surface area contributed by atoms with Gasteiger partial charge in [0.1, 0.15) is 5.75 Å². The number of carboxylic acids is 1. The summed E-state index contributed by atoms with van der Waals surface area (Å²) in [4.78, 5) is 65.2. The van der Waals surface area contributed by atoms with Crippen LogP contribution in [0, 0.1) is 17.8 Å². The van der Waals surface area contributed by atoms with E-state index in [0.717, 1.165) is 11.1 Å². The summed E-state index contributed by atoms with van der Waals surface area (Å²) in [6.45, 7) is 0.243. The number of rotatable bonds is 7. The van der Waals surface area contributed by atoms with Crippen LogP contribution < -0.4 is 0 Å². The minimum atomic E-state index is -0.871. The van der Waals surface area contributed by atoms with Crippen LogP contribution in [-0.2, 0) is 24.0 Å². The highest BCUT2D eigenvalue weighted by Gasteiger charge is 2.56. The number of Topliss-reactive ketones (excluding diaryl/α,β-unsaturated/α-hetero) is 1. The molecule has 2 amide bonds. The normalized spacial score (nSPS) is 27.0. The Morgan fingerprint density at radius 3 is 2.43 bits per heavy atom. The van der Waals surface area contributed by atoms with Gasteiger partial charge in [0.25, 0.3) is 0 Å². The maximum absolute atomic E-state index is 13.6. The van der Waals surface area contributed by atoms with Gasteiger partial charge in [-0.25, -0.2) is 0 Å². The van der Waals surface area contributed by atoms with Crippen LogP contribution in [0.15, 0.2) is 57.6 Å². The lowest BCUT2D eigenvalue weighted by molar-refractivity contribution is -0.141. The van der Waals surface area contributed by atoms with Crippen molar-refractivity contribution >= 4 is 45.3 Å². The lowest BCUT2D eigenvalue weighted by atomic mass is 9.59. The van der Waals surface area contributed by atoms with E-state index in [1.807, 2.05) is 6.08 Å². The van der Waals surface area contributed by atoms with Crippen LogP contribution in [0.25, 0.3) is 0 Å². The molecule has 0 aromatic heterocycles. The first-order valence-electron chi connectivity index (χ1n) is 12.4. The standard InChI is InChI=1S/C28H26BrNO7/c29-20-13-21(32)25-19(26(20)35)12-18-16(23(25)14-5-7-15(31)8-6-14)9-10-17-24(18)28(37)30(27(17)36)11-3-1-2-4-22(33)34/h5-9,13,17-18,23-24,31H,1-4,10-12H2,(H,33,34). The number of aromatic hydroxyl groups is 1. The minimum absolute atomic E-state index is 0.0509. The average molecular weight is 568 g/mol. The van der Waals surface area contributed by atoms with Gasteiger partial charge < -0.3 is 10.2 Å². The molecule has 3 aliphatic carbocycles. The van der Waals surface area contributed by atoms with E-state index < -0.39 is 29.6 Å². The molecular weight excluding hydrogens is 542 g/mol. The SMILES string of the molecule is O=C(O)CCCCCN1C(=O)C2CC=C3C(c4ccc(O)cc4)C4=C(CC3C2C1=O)C(=O)C(Br)=CC4=O. The van der Waals surface area contributed by atoms with Crippen molar-refractivity contribution in [1.29, 1.82) is 0 Å². The summed E-state index contributed by atoms with van der Waals surface area (Å²) in [5.74, 6) is -3.92. The van der Waals surface area contributed by atoms with Crippen LogP contribution >= 0.6 is 15.9 Å². The van der Waals surface area contributed by atoms with E-state index in [1.165, 1.54) is 23.1 Å². The first kappa shape index (κ1) is 25.3. The van der Waals surface area contributed by atoms with Gasteiger partial charge in [0, 0.05) is 36.1 Å². The number of hydrogen-bond donors (Lipinski definition) is 2. The quantitative estimate of drug-likeness (QED) is 0.222. The van der Waals surface area contributed by atoms with Crippen LogP contribution in [0.2, 0.25) is 0 Å². The first-order chi connectivity index (χ1) is 17.7. The third-order valence-electron chi connectivity index (χ3n) is 7.92. The summed E-state index contributed by atoms with van der Waals surface area (Å²) in [5.41, 5.74) is 2.36. The molecular formula is C28H26BrNO7. The number of allylic oxidation sites excluding steroid dienone is 6. The Labute approximate surface area is 221 Å². The average Bonchev–Trinajstić information content (AvgIpc) is 3.11. The molecule has 2 N–H and O–H groups in total. The second-order valence-electron chi connectivity index (χ2n) is 10.0. The maximum Gasteiger partial charge on any atom is 0.303 e. The predicted molar refractivity (Wildman–Crippen MR) is 136 cm³/mol. The number of ketones is 2. The summed E-state index contributed by atoms with van der Waals surface area (Å²) in [6, 6.07) is 6.50. The van der Waals surface area contributed by atoms with Gasteiger partial charge in [0.15, 0.2) is 11.6 Å². The molecule has 0 bridgehead atoms. The van der Waals surface area contributed by atoms with Gasteiger partial charge in [0.05, 0.1) is 16.3 Å². The molecule has 0 spiro atoms. The van der Waals surface area contributed by atoms with E-state index in [1.54, 1.807) is 12.1 Å². The topological polar surface area (TPSA) is 129 Å². The molecule has 1 saturated heterocycles. The number of imide groups is 1. The van der Waals surface area contributed by atoms with E-state index in [-0.39, 0.29) is 53.0 Å². The number of carboxylic acid groups (broad SMARTS) is 1. The Balaban J connectivity index is 1.48. The molecule has 37 heavy (non-hydrogen) atoms. The molecule has 0 saturated carbocycles. The molecule has 8 nitrogen and oxygen atoms in total. The molecule has 5 rings (SSSR count). The van der Waals surface area contributed by atoms with Crippen molar-refractivity contribution in [2.45, 2.75) is 44.4 Å². The zero-order valence-electron chi connectivity index (χ0n) is 20.0. The van der Waals surface area contributed by atoms with E-state index in [2.05, 4.69) is 15.9 Å². The first-order valence-corrected chi connectivity index (χ1v) is 13.2. The number of hydrogen-bond acceptors (Lipinski definition) is 6. The number of benzene rings is 1. The summed E-state index contributed by atoms with van der Waals surface area (Å²) in [7, 11) is 0. The Morgan fingerprint density at radius 1 is 1.00 bits per heavy atom. The Hall–Kier alpha value is -3.33. The number of carbonyl (C=O) groups excluding carboxylic acids is 4. The molecule has 1 aromatic rings. The minimum Gasteiger partial charge on any atom is -0.508 e. The fourth-order valence-electron chi connectivity index (χ4n) is 6.26. The van der Waals surface area contributed by atoms with Crippen molar-refractivity contribution in [1.82, 2.24) is 4.90 Å². The van der Waals surface area contributed by atoms with Gasteiger partial charge in [-0.2, -0.15) is 0 Å². The number of phenols is 1. The molecule has 1 heterocycles. The second-order valence-corrected chi connectivity index (χ2v) is 10.9. The number of carbonyl (C=O) groups is 5. The summed E-state index contributed by atoms with van der Waals surface area (Å²) < 4.78 is 0.178. The third-order valence-corrected chi connectivity index (χ3v) is 8.51. The van der Waals surface area contributed by atoms with Gasteiger partial charge in [-0.1, -0.05) is 30.2 Å². The molecule has 1 aromatic carbocycles. The molecule has 1 aliphatic heterocycles. The lowest BCUT2D eigenvalue weighted by Crippen LogP contribution is -2.39. The van der Waals surface area contributed by atoms with Gasteiger partial charge in [-0.05, 0) is 65.2 Å². The number of halogens is 1. The van der Waals surface area contributed by atoms with E-state index >= 15 is 0 Å². The number of likely N-dealkylation sites (tertiary alicyclic amines) is 1. The monoisotopic (exact) mass is 567 g/mol. The van der Waals surface area contributed by atoms with Crippen LogP contribution in [-0.4, -0.2) is 51.0 Å². The van der Waals surface area contributed by atoms with Crippen molar-refractivity contribution in [3.05, 3.63) is 63.2 Å². The molecule has 4 unspecified atom stereocenters. The van der Waals surface area contributed by atoms with Crippen molar-refractivity contribution in [3.8, 4) is 5.75 Å². The number of nitrogens with zero attached hydrogens (tertiary/aromatic N) is 1. The predicted octanol–water partition coefficient (Wildman–Crippen LogP) is 3.80. The van der Waals surface area contributed by atoms with Crippen LogP contribution in [0.5, 0.6) is 5.75 Å². The molecule has 0 radical (unpaired) electrons. The van der Waals surface area contributed by atoms with Crippen molar-refractivity contribution in [2.75, 3.05) is 6.54 Å². The molecule has 9 heteroatoms. The number of unbranched alkanes of at least 4 members (excludes halogenated alkanes) is 2. The maximum atomic E-state index is 13.6. The highest BCUT2D eigenvalue weighted by molar-refractivity contribution is 9.12. The van der Waals surface area contributed by atoms with Gasteiger partial charge in [0.2, 0.25) is 11.8 Å². The fourth-order valence-corrected chi connectivity index (χ4v) is 6.71. The van der Waals surface area contributed by atoms with Crippen molar-refractivity contribution in [3.63, 3.8) is 0 Å². The molecule has 4 aliphatic rings. The molecule has 1 fully saturated rings. The highest BCUT2D eigenvalue weighted by Crippen LogP contribution is 2.55. The van der Waals surface area contributed by atoms with E-state index in [0.29, 0.717) is 36.8 Å². The van der Waals surface area contributed by atoms with Gasteiger partial charge >= 0.3 is 5.97 Å². The van der Waals surface area contributed by atoms with Gasteiger partial charge in [-0.15, -0.1) is 0 Å². The van der Waals surface area contributed by atoms with Gasteiger partial charge in [-0.3, -0.25) is 28.9 Å². The number of phenolic OH excluding ortho intramolecular Hbond substituents is 1. The molecule has 192 valence electrons. The zero-order valence-corrected chi connectivity index (χ0v) is 21.6. The Morgan fingerprint density at radius 2 is 1.73 bits per heavy atom. The van der Waals surface area contributed by atoms with Crippen molar-refractivity contribution in [2.24, 2.45) is 17.8 Å². The summed E-state index contributed by atoms with van der Waals surface area (Å²) in [5, 5.41) is 18.6.